The summed E-state index contributed by atoms with van der Waals surface area (Å²) in [5.41, 5.74) is 0.757. The lowest BCUT2D eigenvalue weighted by Gasteiger charge is -2.32. The van der Waals surface area contributed by atoms with Gasteiger partial charge < -0.3 is 15.5 Å². The highest BCUT2D eigenvalue weighted by Gasteiger charge is 2.26. The molecule has 160 valence electrons. The van der Waals surface area contributed by atoms with Gasteiger partial charge in [-0.3, -0.25) is 9.59 Å². The third-order valence-corrected chi connectivity index (χ3v) is 6.22. The van der Waals surface area contributed by atoms with Crippen molar-refractivity contribution in [2.45, 2.75) is 31.2 Å². The minimum Gasteiger partial charge on any atom is -0.356 e. The molecule has 2 N–H and O–H groups in total. The molecule has 7 nitrogen and oxygen atoms in total. The van der Waals surface area contributed by atoms with Crippen LogP contribution in [0, 0.1) is 5.92 Å². The highest BCUT2D eigenvalue weighted by molar-refractivity contribution is 9.10. The summed E-state index contributed by atoms with van der Waals surface area (Å²) in [6, 6.07) is 11.2. The molecule has 3 rings (SSSR count). The lowest BCUT2D eigenvalue weighted by Crippen LogP contribution is -2.43. The van der Waals surface area contributed by atoms with E-state index in [1.54, 1.807) is 0 Å². The van der Waals surface area contributed by atoms with Gasteiger partial charge in [0.1, 0.15) is 5.03 Å². The molecule has 1 aromatic heterocycles. The van der Waals surface area contributed by atoms with Crippen LogP contribution in [0.2, 0.25) is 0 Å². The van der Waals surface area contributed by atoms with E-state index in [1.165, 1.54) is 11.8 Å². The van der Waals surface area contributed by atoms with Crippen molar-refractivity contribution in [3.63, 3.8) is 0 Å². The molecule has 2 aromatic rings. The molecule has 1 atom stereocenters. The average Bonchev–Trinajstić information content (AvgIpc) is 2.78. The molecule has 1 aliphatic heterocycles. The topological polar surface area (TPSA) is 87.2 Å². The van der Waals surface area contributed by atoms with Crippen LogP contribution in [0.15, 0.2) is 45.9 Å². The van der Waals surface area contributed by atoms with Crippen LogP contribution < -0.4 is 15.5 Å². The molecule has 0 saturated carbocycles. The minimum atomic E-state index is -0.0924. The molecule has 1 unspecified atom stereocenters. The standard InChI is InChI=1S/C21H26BrN5O2S/c1-2-11-23-21(29)15-4-3-12-27(13-15)18-9-10-20(26-25-18)30-14-19(28)24-17-7-5-16(22)6-8-17/h5-10,15H,2-4,11-14H2,1H3,(H,23,29)(H,24,28). The van der Waals surface area contributed by atoms with E-state index < -0.39 is 0 Å². The van der Waals surface area contributed by atoms with E-state index in [0.29, 0.717) is 11.6 Å². The molecule has 9 heteroatoms. The van der Waals surface area contributed by atoms with Gasteiger partial charge in [-0.15, -0.1) is 10.2 Å². The highest BCUT2D eigenvalue weighted by atomic mass is 79.9. The summed E-state index contributed by atoms with van der Waals surface area (Å²) in [7, 11) is 0. The zero-order valence-corrected chi connectivity index (χ0v) is 19.3. The van der Waals surface area contributed by atoms with Gasteiger partial charge >= 0.3 is 0 Å². The summed E-state index contributed by atoms with van der Waals surface area (Å²) in [5, 5.41) is 15.1. The Kier molecular flexibility index (Phi) is 8.50. The van der Waals surface area contributed by atoms with Crippen molar-refractivity contribution in [3.8, 4) is 0 Å². The maximum absolute atomic E-state index is 12.3. The van der Waals surface area contributed by atoms with Crippen molar-refractivity contribution in [3.05, 3.63) is 40.9 Å². The zero-order chi connectivity index (χ0) is 21.3. The third kappa shape index (κ3) is 6.70. The molecule has 1 saturated heterocycles. The molecular formula is C21H26BrN5O2S. The van der Waals surface area contributed by atoms with E-state index >= 15 is 0 Å². The van der Waals surface area contributed by atoms with E-state index in [0.717, 1.165) is 48.3 Å². The van der Waals surface area contributed by atoms with Gasteiger partial charge in [0.2, 0.25) is 11.8 Å². The first-order chi connectivity index (χ1) is 14.5. The van der Waals surface area contributed by atoms with Crippen LogP contribution in [0.5, 0.6) is 0 Å². The van der Waals surface area contributed by atoms with E-state index in [9.17, 15) is 9.59 Å². The summed E-state index contributed by atoms with van der Waals surface area (Å²) in [5.74, 6) is 1.05. The number of piperidine rings is 1. The van der Waals surface area contributed by atoms with E-state index in [1.807, 2.05) is 43.3 Å². The van der Waals surface area contributed by atoms with Gasteiger partial charge in [-0.1, -0.05) is 34.6 Å². The summed E-state index contributed by atoms with van der Waals surface area (Å²) in [6.07, 6.45) is 2.80. The molecule has 1 aromatic carbocycles. The Morgan fingerprint density at radius 1 is 1.20 bits per heavy atom. The fourth-order valence-corrected chi connectivity index (χ4v) is 4.10. The number of hydrogen-bond donors (Lipinski definition) is 2. The SMILES string of the molecule is CCCNC(=O)C1CCCN(c2ccc(SCC(=O)Nc3ccc(Br)cc3)nn2)C1. The minimum absolute atomic E-state index is 0.0107. The largest absolute Gasteiger partial charge is 0.356 e. The number of hydrogen-bond acceptors (Lipinski definition) is 6. The second-order valence-electron chi connectivity index (χ2n) is 7.15. The van der Waals surface area contributed by atoms with E-state index in [2.05, 4.69) is 41.7 Å². The van der Waals surface area contributed by atoms with E-state index in [-0.39, 0.29) is 23.5 Å². The number of rotatable bonds is 8. The van der Waals surface area contributed by atoms with Gasteiger partial charge in [0.05, 0.1) is 11.7 Å². The first kappa shape index (κ1) is 22.6. The molecule has 2 amide bonds. The fourth-order valence-electron chi connectivity index (χ4n) is 3.22. The first-order valence-electron chi connectivity index (χ1n) is 10.1. The Balaban J connectivity index is 1.48. The van der Waals surface area contributed by atoms with Crippen LogP contribution >= 0.6 is 27.7 Å². The Bertz CT molecular complexity index is 847. The lowest BCUT2D eigenvalue weighted by atomic mass is 9.97. The Morgan fingerprint density at radius 2 is 2.00 bits per heavy atom. The number of amides is 2. The number of halogens is 1. The van der Waals surface area contributed by atoms with Gasteiger partial charge in [-0.25, -0.2) is 0 Å². The summed E-state index contributed by atoms with van der Waals surface area (Å²) < 4.78 is 0.965. The quantitative estimate of drug-likeness (QED) is 0.547. The second-order valence-corrected chi connectivity index (χ2v) is 9.06. The Morgan fingerprint density at radius 3 is 2.70 bits per heavy atom. The number of nitrogens with zero attached hydrogens (tertiary/aromatic N) is 3. The average molecular weight is 492 g/mol. The van der Waals surface area contributed by atoms with Crippen molar-refractivity contribution in [1.29, 1.82) is 0 Å². The maximum Gasteiger partial charge on any atom is 0.234 e. The number of benzene rings is 1. The maximum atomic E-state index is 12.3. The van der Waals surface area contributed by atoms with Gasteiger partial charge in [0.15, 0.2) is 5.82 Å². The fraction of sp³-hybridized carbons (Fsp3) is 0.429. The normalized spacial score (nSPS) is 16.2. The van der Waals surface area contributed by atoms with Crippen molar-refractivity contribution < 1.29 is 9.59 Å². The van der Waals surface area contributed by atoms with E-state index in [4.69, 9.17) is 0 Å². The molecular weight excluding hydrogens is 466 g/mol. The van der Waals surface area contributed by atoms with Crippen LogP contribution in [0.3, 0.4) is 0 Å². The summed E-state index contributed by atoms with van der Waals surface area (Å²) in [6.45, 7) is 4.30. The number of anilines is 2. The highest BCUT2D eigenvalue weighted by Crippen LogP contribution is 2.23. The number of nitrogens with one attached hydrogen (secondary N) is 2. The summed E-state index contributed by atoms with van der Waals surface area (Å²) >= 11 is 4.72. The van der Waals surface area contributed by atoms with Crippen molar-refractivity contribution in [2.75, 3.05) is 35.6 Å². The number of carbonyl (C=O) groups excluding carboxylic acids is 2. The monoisotopic (exact) mass is 491 g/mol. The van der Waals surface area contributed by atoms with Crippen molar-refractivity contribution >= 4 is 51.0 Å². The first-order valence-corrected chi connectivity index (χ1v) is 11.9. The van der Waals surface area contributed by atoms with Crippen LogP contribution in [0.25, 0.3) is 0 Å². The molecule has 1 aliphatic rings. The molecule has 2 heterocycles. The molecule has 0 spiro atoms. The van der Waals surface area contributed by atoms with Crippen molar-refractivity contribution in [1.82, 2.24) is 15.5 Å². The zero-order valence-electron chi connectivity index (χ0n) is 16.9. The summed E-state index contributed by atoms with van der Waals surface area (Å²) in [4.78, 5) is 26.5. The third-order valence-electron chi connectivity index (χ3n) is 4.77. The Hall–Kier alpha value is -2.13. The van der Waals surface area contributed by atoms with Crippen LogP contribution in [0.1, 0.15) is 26.2 Å². The van der Waals surface area contributed by atoms with Gasteiger partial charge in [-0.05, 0) is 55.7 Å². The van der Waals surface area contributed by atoms with Gasteiger partial charge in [0, 0.05) is 29.8 Å². The second kappa shape index (κ2) is 11.3. The number of aromatic nitrogens is 2. The molecule has 1 fully saturated rings. The molecule has 0 radical (unpaired) electrons. The smallest absolute Gasteiger partial charge is 0.234 e. The Labute approximate surface area is 189 Å². The van der Waals surface area contributed by atoms with Crippen LogP contribution in [-0.2, 0) is 9.59 Å². The molecule has 0 aliphatic carbocycles. The predicted molar refractivity (Wildman–Crippen MR) is 124 cm³/mol. The lowest BCUT2D eigenvalue weighted by molar-refractivity contribution is -0.125. The van der Waals surface area contributed by atoms with Crippen LogP contribution in [-0.4, -0.2) is 47.4 Å². The van der Waals surface area contributed by atoms with Gasteiger partial charge in [-0.2, -0.15) is 0 Å². The van der Waals surface area contributed by atoms with Crippen molar-refractivity contribution in [2.24, 2.45) is 5.92 Å². The predicted octanol–water partition coefficient (Wildman–Crippen LogP) is 3.71. The van der Waals surface area contributed by atoms with Gasteiger partial charge in [0.25, 0.3) is 0 Å². The van der Waals surface area contributed by atoms with Crippen LogP contribution in [0.4, 0.5) is 11.5 Å². The number of carbonyl (C=O) groups is 2. The molecule has 0 bridgehead atoms. The molecule has 30 heavy (non-hydrogen) atoms. The number of thioether (sulfide) groups is 1.